The molecule has 4 aromatic rings. The second kappa shape index (κ2) is 8.88. The summed E-state index contributed by atoms with van der Waals surface area (Å²) in [4.78, 5) is 12.2. The molecule has 8 nitrogen and oxygen atoms in total. The van der Waals surface area contributed by atoms with E-state index in [1.807, 2.05) is 0 Å². The van der Waals surface area contributed by atoms with Crippen molar-refractivity contribution in [3.63, 3.8) is 0 Å². The Morgan fingerprint density at radius 3 is 2.62 bits per heavy atom. The molecule has 34 heavy (non-hydrogen) atoms. The highest BCUT2D eigenvalue weighted by Gasteiger charge is 2.34. The predicted molar refractivity (Wildman–Crippen MR) is 117 cm³/mol. The molecule has 0 aliphatic carbocycles. The average molecular weight is 493 g/mol. The lowest BCUT2D eigenvalue weighted by Crippen LogP contribution is -2.19. The van der Waals surface area contributed by atoms with Crippen molar-refractivity contribution in [2.75, 3.05) is 6.61 Å². The number of rotatable bonds is 5. The molecule has 178 valence electrons. The van der Waals surface area contributed by atoms with Gasteiger partial charge in [-0.15, -0.1) is 0 Å². The molecule has 1 aromatic carbocycles. The Balaban J connectivity index is 1.37. The topological polar surface area (TPSA) is 79.9 Å². The van der Waals surface area contributed by atoms with Gasteiger partial charge in [0, 0.05) is 25.4 Å². The highest BCUT2D eigenvalue weighted by atomic mass is 35.5. The standard InChI is InChI=1S/C22H20ClF3N6O2/c1-31-11-16(22(24,25)26)29-19(31)14-7-5-13(6-8-14)12-34-20-18-15(28-21(23)30-20)10-27-32(18)17-4-2-3-9-33-17/h5-8,10-11,17H,2-4,9,12H2,1H3. The van der Waals surface area contributed by atoms with Crippen molar-refractivity contribution >= 4 is 22.6 Å². The van der Waals surface area contributed by atoms with Crippen molar-refractivity contribution in [2.24, 2.45) is 7.05 Å². The van der Waals surface area contributed by atoms with Gasteiger partial charge in [0.05, 0.1) is 6.20 Å². The highest BCUT2D eigenvalue weighted by Crippen LogP contribution is 2.32. The van der Waals surface area contributed by atoms with E-state index in [1.54, 1.807) is 35.1 Å². The van der Waals surface area contributed by atoms with E-state index in [4.69, 9.17) is 21.1 Å². The van der Waals surface area contributed by atoms with Gasteiger partial charge in [0.15, 0.2) is 17.4 Å². The number of fused-ring (bicyclic) bond motifs is 1. The van der Waals surface area contributed by atoms with Crippen molar-refractivity contribution in [1.29, 1.82) is 0 Å². The number of nitrogens with zero attached hydrogens (tertiary/aromatic N) is 6. The summed E-state index contributed by atoms with van der Waals surface area (Å²) in [5.74, 6) is 0.505. The molecule has 3 aromatic heterocycles. The molecule has 1 aliphatic rings. The van der Waals surface area contributed by atoms with Gasteiger partial charge in [-0.3, -0.25) is 0 Å². The molecular formula is C22H20ClF3N6O2. The van der Waals surface area contributed by atoms with Gasteiger partial charge >= 0.3 is 6.18 Å². The Bertz CT molecular complexity index is 1310. The van der Waals surface area contributed by atoms with Crippen LogP contribution in [0.5, 0.6) is 5.88 Å². The normalized spacial score (nSPS) is 16.8. The fraction of sp³-hybridized carbons (Fsp3) is 0.364. The fourth-order valence-corrected chi connectivity index (χ4v) is 4.08. The third-order valence-corrected chi connectivity index (χ3v) is 5.74. The molecule has 12 heteroatoms. The maximum Gasteiger partial charge on any atom is 0.434 e. The van der Waals surface area contributed by atoms with Gasteiger partial charge in [-0.1, -0.05) is 24.3 Å². The lowest BCUT2D eigenvalue weighted by Gasteiger charge is -2.23. The number of ether oxygens (including phenoxy) is 2. The Kier molecular flexibility index (Phi) is 5.90. The zero-order valence-electron chi connectivity index (χ0n) is 18.1. The van der Waals surface area contributed by atoms with Crippen molar-refractivity contribution in [3.8, 4) is 17.3 Å². The first-order chi connectivity index (χ1) is 16.3. The minimum atomic E-state index is -4.50. The van der Waals surface area contributed by atoms with Crippen molar-refractivity contribution < 1.29 is 22.6 Å². The van der Waals surface area contributed by atoms with E-state index in [0.717, 1.165) is 31.0 Å². The van der Waals surface area contributed by atoms with E-state index < -0.39 is 11.9 Å². The lowest BCUT2D eigenvalue weighted by molar-refractivity contribution is -0.140. The minimum Gasteiger partial charge on any atom is -0.471 e. The Labute approximate surface area is 197 Å². The second-order valence-electron chi connectivity index (χ2n) is 7.99. The van der Waals surface area contributed by atoms with Gasteiger partial charge in [0.2, 0.25) is 11.2 Å². The SMILES string of the molecule is Cn1cc(C(F)(F)F)nc1-c1ccc(COc2nc(Cl)nc3cnn(C4CCCCO4)c23)cc1. The Hall–Kier alpha value is -3.18. The van der Waals surface area contributed by atoms with Crippen LogP contribution in [0.4, 0.5) is 13.2 Å². The zero-order chi connectivity index (χ0) is 23.9. The first-order valence-electron chi connectivity index (χ1n) is 10.6. The maximum absolute atomic E-state index is 13.0. The van der Waals surface area contributed by atoms with Crippen LogP contribution in [0.15, 0.2) is 36.7 Å². The summed E-state index contributed by atoms with van der Waals surface area (Å²) >= 11 is 6.08. The van der Waals surface area contributed by atoms with Crippen LogP contribution < -0.4 is 4.74 Å². The number of halogens is 4. The predicted octanol–water partition coefficient (Wildman–Crippen LogP) is 5.18. The van der Waals surface area contributed by atoms with Crippen LogP contribution in [-0.4, -0.2) is 35.9 Å². The molecule has 0 spiro atoms. The molecule has 0 N–H and O–H groups in total. The van der Waals surface area contributed by atoms with Crippen molar-refractivity contribution in [1.82, 2.24) is 29.3 Å². The number of benzene rings is 1. The fourth-order valence-electron chi connectivity index (χ4n) is 3.91. The van der Waals surface area contributed by atoms with Crippen LogP contribution in [0.1, 0.15) is 36.7 Å². The van der Waals surface area contributed by atoms with Gasteiger partial charge in [-0.25, -0.2) is 14.6 Å². The first-order valence-corrected chi connectivity index (χ1v) is 11.0. The molecular weight excluding hydrogens is 473 g/mol. The van der Waals surface area contributed by atoms with Gasteiger partial charge in [-0.05, 0) is 36.4 Å². The molecule has 1 saturated heterocycles. The van der Waals surface area contributed by atoms with Crippen LogP contribution >= 0.6 is 11.6 Å². The largest absolute Gasteiger partial charge is 0.471 e. The number of hydrogen-bond acceptors (Lipinski definition) is 6. The number of hydrogen-bond donors (Lipinski definition) is 0. The Morgan fingerprint density at radius 2 is 1.94 bits per heavy atom. The Morgan fingerprint density at radius 1 is 1.15 bits per heavy atom. The van der Waals surface area contributed by atoms with Gasteiger partial charge in [0.1, 0.15) is 17.9 Å². The molecule has 1 atom stereocenters. The van der Waals surface area contributed by atoms with E-state index in [1.165, 1.54) is 11.6 Å². The van der Waals surface area contributed by atoms with Gasteiger partial charge in [-0.2, -0.15) is 23.3 Å². The van der Waals surface area contributed by atoms with Crippen LogP contribution in [0.2, 0.25) is 5.28 Å². The summed E-state index contributed by atoms with van der Waals surface area (Å²) in [7, 11) is 1.53. The molecule has 0 amide bonds. The molecule has 0 radical (unpaired) electrons. The van der Waals surface area contributed by atoms with Gasteiger partial charge < -0.3 is 14.0 Å². The highest BCUT2D eigenvalue weighted by molar-refractivity contribution is 6.28. The zero-order valence-corrected chi connectivity index (χ0v) is 18.8. The molecule has 1 unspecified atom stereocenters. The van der Waals surface area contributed by atoms with Crippen LogP contribution in [0, 0.1) is 0 Å². The molecule has 1 aliphatic heterocycles. The maximum atomic E-state index is 13.0. The van der Waals surface area contributed by atoms with Crippen LogP contribution in [0.25, 0.3) is 22.4 Å². The lowest BCUT2D eigenvalue weighted by atomic mass is 10.1. The van der Waals surface area contributed by atoms with Gasteiger partial charge in [0.25, 0.3) is 0 Å². The van der Waals surface area contributed by atoms with E-state index in [2.05, 4.69) is 20.1 Å². The summed E-state index contributed by atoms with van der Waals surface area (Å²) in [6.07, 6.45) is 0.709. The summed E-state index contributed by atoms with van der Waals surface area (Å²) in [5.41, 5.74) is 1.56. The molecule has 5 rings (SSSR count). The third-order valence-electron chi connectivity index (χ3n) is 5.57. The summed E-state index contributed by atoms with van der Waals surface area (Å²) in [6.45, 7) is 0.817. The number of aryl methyl sites for hydroxylation is 1. The average Bonchev–Trinajstić information content (AvgIpc) is 3.42. The minimum absolute atomic E-state index is 0.0391. The molecule has 4 heterocycles. The summed E-state index contributed by atoms with van der Waals surface area (Å²) < 4.78 is 53.8. The first kappa shape index (κ1) is 22.6. The number of alkyl halides is 3. The van der Waals surface area contributed by atoms with Crippen molar-refractivity contribution in [2.45, 2.75) is 38.3 Å². The van der Waals surface area contributed by atoms with Crippen molar-refractivity contribution in [3.05, 3.63) is 53.2 Å². The smallest absolute Gasteiger partial charge is 0.434 e. The van der Waals surface area contributed by atoms with E-state index >= 15 is 0 Å². The third kappa shape index (κ3) is 4.45. The quantitative estimate of drug-likeness (QED) is 0.357. The monoisotopic (exact) mass is 492 g/mol. The van der Waals surface area contributed by atoms with E-state index in [-0.39, 0.29) is 29.8 Å². The van der Waals surface area contributed by atoms with Crippen LogP contribution in [-0.2, 0) is 24.6 Å². The molecule has 0 saturated carbocycles. The second-order valence-corrected chi connectivity index (χ2v) is 8.32. The summed E-state index contributed by atoms with van der Waals surface area (Å²) in [6, 6.07) is 6.92. The summed E-state index contributed by atoms with van der Waals surface area (Å²) in [5, 5.41) is 4.45. The molecule has 0 bridgehead atoms. The number of imidazole rings is 1. The molecule has 1 fully saturated rings. The van der Waals surface area contributed by atoms with E-state index in [9.17, 15) is 13.2 Å². The van der Waals surface area contributed by atoms with Crippen LogP contribution in [0.3, 0.4) is 0 Å². The van der Waals surface area contributed by atoms with E-state index in [0.29, 0.717) is 23.2 Å². The number of aromatic nitrogens is 6.